The van der Waals surface area contributed by atoms with E-state index < -0.39 is 35.3 Å². The minimum Gasteiger partial charge on any atom is -0.490 e. The number of rotatable bonds is 7. The van der Waals surface area contributed by atoms with E-state index in [0.717, 1.165) is 24.2 Å². The Morgan fingerprint density at radius 1 is 1.14 bits per heavy atom. The van der Waals surface area contributed by atoms with Crippen LogP contribution in [-0.2, 0) is 30.2 Å². The highest BCUT2D eigenvalue weighted by molar-refractivity contribution is 5.90. The SMILES string of the molecule is COC(=O)[C@H](Cc1ccc(OCC=C(C)C)cc1)N1C(=O)[C@H](O)CC12CCC1(CC2)OCCCCO1. The lowest BCUT2D eigenvalue weighted by Gasteiger charge is -2.49. The number of esters is 1. The zero-order valence-electron chi connectivity index (χ0n) is 21.7. The third-order valence-corrected chi connectivity index (χ3v) is 7.70. The minimum absolute atomic E-state index is 0.291. The second kappa shape index (κ2) is 11.3. The van der Waals surface area contributed by atoms with Gasteiger partial charge in [0.2, 0.25) is 0 Å². The lowest BCUT2D eigenvalue weighted by molar-refractivity contribution is -0.251. The molecule has 2 aliphatic heterocycles. The maximum absolute atomic E-state index is 13.3. The number of nitrogens with zero attached hydrogens (tertiary/aromatic N) is 1. The number of aliphatic hydroxyl groups excluding tert-OH is 1. The fourth-order valence-corrected chi connectivity index (χ4v) is 5.68. The molecule has 0 bridgehead atoms. The van der Waals surface area contributed by atoms with Gasteiger partial charge in [0.15, 0.2) is 5.79 Å². The van der Waals surface area contributed by atoms with Crippen LogP contribution in [0.3, 0.4) is 0 Å². The number of likely N-dealkylation sites (tertiary alicyclic amines) is 1. The largest absolute Gasteiger partial charge is 0.490 e. The zero-order chi connectivity index (χ0) is 25.8. The highest BCUT2D eigenvalue weighted by atomic mass is 16.7. The van der Waals surface area contributed by atoms with Gasteiger partial charge in [-0.05, 0) is 63.3 Å². The van der Waals surface area contributed by atoms with Crippen LogP contribution in [0, 0.1) is 0 Å². The van der Waals surface area contributed by atoms with Crippen molar-refractivity contribution < 1.29 is 33.6 Å². The predicted octanol–water partition coefficient (Wildman–Crippen LogP) is 3.55. The van der Waals surface area contributed by atoms with Gasteiger partial charge < -0.3 is 29.0 Å². The van der Waals surface area contributed by atoms with Gasteiger partial charge in [-0.3, -0.25) is 4.79 Å². The molecule has 1 N–H and O–H groups in total. The van der Waals surface area contributed by atoms with Crippen LogP contribution in [0.1, 0.15) is 64.4 Å². The van der Waals surface area contributed by atoms with Crippen molar-refractivity contribution in [2.24, 2.45) is 0 Å². The molecule has 0 radical (unpaired) electrons. The first-order chi connectivity index (χ1) is 17.3. The average Bonchev–Trinajstić information content (AvgIpc) is 3.00. The second-order valence-corrected chi connectivity index (χ2v) is 10.4. The third-order valence-electron chi connectivity index (χ3n) is 7.70. The first-order valence-corrected chi connectivity index (χ1v) is 13.0. The molecule has 3 fully saturated rings. The summed E-state index contributed by atoms with van der Waals surface area (Å²) in [6.07, 6.45) is 5.84. The summed E-state index contributed by atoms with van der Waals surface area (Å²) in [5, 5.41) is 10.6. The summed E-state index contributed by atoms with van der Waals surface area (Å²) >= 11 is 0. The van der Waals surface area contributed by atoms with E-state index in [1.54, 1.807) is 4.90 Å². The molecule has 2 saturated heterocycles. The molecule has 0 unspecified atom stereocenters. The van der Waals surface area contributed by atoms with E-state index in [1.165, 1.54) is 12.7 Å². The van der Waals surface area contributed by atoms with Gasteiger partial charge in [-0.2, -0.15) is 0 Å². The fourth-order valence-electron chi connectivity index (χ4n) is 5.68. The third kappa shape index (κ3) is 5.76. The van der Waals surface area contributed by atoms with Gasteiger partial charge in [-0.1, -0.05) is 17.7 Å². The molecule has 2 spiro atoms. The average molecular weight is 502 g/mol. The highest BCUT2D eigenvalue weighted by Gasteiger charge is 2.58. The van der Waals surface area contributed by atoms with Crippen molar-refractivity contribution >= 4 is 11.9 Å². The molecule has 1 aromatic carbocycles. The number of amides is 1. The number of ether oxygens (including phenoxy) is 4. The Hall–Kier alpha value is -2.42. The first kappa shape index (κ1) is 26.6. The van der Waals surface area contributed by atoms with E-state index in [-0.39, 0.29) is 0 Å². The van der Waals surface area contributed by atoms with E-state index in [2.05, 4.69) is 0 Å². The Morgan fingerprint density at radius 2 is 1.78 bits per heavy atom. The Kier molecular flexibility index (Phi) is 8.37. The fraction of sp³-hybridized carbons (Fsp3) is 0.643. The number of benzene rings is 1. The Bertz CT molecular complexity index is 935. The summed E-state index contributed by atoms with van der Waals surface area (Å²) in [7, 11) is 1.34. The highest BCUT2D eigenvalue weighted by Crippen LogP contribution is 2.48. The van der Waals surface area contributed by atoms with Crippen molar-refractivity contribution in [3.05, 3.63) is 41.5 Å². The lowest BCUT2D eigenvalue weighted by Crippen LogP contribution is -2.59. The second-order valence-electron chi connectivity index (χ2n) is 10.4. The van der Waals surface area contributed by atoms with Gasteiger partial charge in [-0.15, -0.1) is 0 Å². The summed E-state index contributed by atoms with van der Waals surface area (Å²) in [6.45, 7) is 5.86. The monoisotopic (exact) mass is 501 g/mol. The molecule has 8 nitrogen and oxygen atoms in total. The van der Waals surface area contributed by atoms with Gasteiger partial charge in [0.1, 0.15) is 24.5 Å². The van der Waals surface area contributed by atoms with E-state index >= 15 is 0 Å². The maximum Gasteiger partial charge on any atom is 0.328 e. The summed E-state index contributed by atoms with van der Waals surface area (Å²) in [4.78, 5) is 27.9. The summed E-state index contributed by atoms with van der Waals surface area (Å²) in [6, 6.07) is 6.71. The smallest absolute Gasteiger partial charge is 0.328 e. The number of hydrogen-bond donors (Lipinski definition) is 1. The minimum atomic E-state index is -1.13. The van der Waals surface area contributed by atoms with Crippen molar-refractivity contribution in [2.75, 3.05) is 26.9 Å². The van der Waals surface area contributed by atoms with Crippen molar-refractivity contribution in [1.29, 1.82) is 0 Å². The summed E-state index contributed by atoms with van der Waals surface area (Å²) < 4.78 is 23.1. The molecule has 3 aliphatic rings. The van der Waals surface area contributed by atoms with Crippen LogP contribution in [0.25, 0.3) is 0 Å². The van der Waals surface area contributed by atoms with E-state index in [0.29, 0.717) is 58.3 Å². The Morgan fingerprint density at radius 3 is 2.36 bits per heavy atom. The number of allylic oxidation sites excluding steroid dienone is 1. The van der Waals surface area contributed by atoms with Gasteiger partial charge in [0.25, 0.3) is 5.91 Å². The summed E-state index contributed by atoms with van der Waals surface area (Å²) in [5.74, 6) is -0.795. The number of methoxy groups -OCH3 is 1. The molecule has 2 atom stereocenters. The molecule has 0 aromatic heterocycles. The lowest BCUT2D eigenvalue weighted by atomic mass is 9.76. The number of hydrogen-bond acceptors (Lipinski definition) is 7. The molecular weight excluding hydrogens is 462 g/mol. The van der Waals surface area contributed by atoms with Crippen LogP contribution in [0.15, 0.2) is 35.9 Å². The standard InChI is InChI=1S/C28H39NO7/c1-20(2)10-17-34-22-8-6-21(7-9-22)18-23(26(32)33-3)29-25(31)24(30)19-27(29)11-13-28(14-12-27)35-15-4-5-16-36-28/h6-10,23-24,30H,4-5,11-19H2,1-3H3/t23-,24+/m0/s1. The number of carbonyl (C=O) groups is 2. The first-order valence-electron chi connectivity index (χ1n) is 13.0. The van der Waals surface area contributed by atoms with E-state index in [4.69, 9.17) is 18.9 Å². The van der Waals surface area contributed by atoms with Crippen molar-refractivity contribution in [2.45, 2.75) is 88.7 Å². The van der Waals surface area contributed by atoms with Gasteiger partial charge in [0.05, 0.1) is 20.3 Å². The Labute approximate surface area is 213 Å². The molecule has 36 heavy (non-hydrogen) atoms. The van der Waals surface area contributed by atoms with Gasteiger partial charge in [0, 0.05) is 31.2 Å². The molecule has 8 heteroatoms. The van der Waals surface area contributed by atoms with Crippen molar-refractivity contribution in [3.63, 3.8) is 0 Å². The van der Waals surface area contributed by atoms with Crippen LogP contribution in [0.5, 0.6) is 5.75 Å². The van der Waals surface area contributed by atoms with Crippen LogP contribution in [-0.4, -0.2) is 72.3 Å². The Balaban J connectivity index is 1.52. The molecular formula is C28H39NO7. The molecule has 2 heterocycles. The molecule has 1 amide bonds. The number of aliphatic hydroxyl groups is 1. The molecule has 1 aliphatic carbocycles. The van der Waals surface area contributed by atoms with Crippen LogP contribution >= 0.6 is 0 Å². The predicted molar refractivity (Wildman–Crippen MR) is 133 cm³/mol. The molecule has 1 aromatic rings. The van der Waals surface area contributed by atoms with Crippen LogP contribution in [0.2, 0.25) is 0 Å². The van der Waals surface area contributed by atoms with Crippen molar-refractivity contribution in [1.82, 2.24) is 4.90 Å². The maximum atomic E-state index is 13.3. The zero-order valence-corrected chi connectivity index (χ0v) is 21.7. The number of carbonyl (C=O) groups excluding carboxylic acids is 2. The van der Waals surface area contributed by atoms with Crippen molar-refractivity contribution in [3.8, 4) is 5.75 Å². The van der Waals surface area contributed by atoms with E-state index in [1.807, 2.05) is 44.2 Å². The van der Waals surface area contributed by atoms with Gasteiger partial charge >= 0.3 is 5.97 Å². The summed E-state index contributed by atoms with van der Waals surface area (Å²) in [5.41, 5.74) is 1.43. The van der Waals surface area contributed by atoms with Crippen LogP contribution in [0.4, 0.5) is 0 Å². The normalized spacial score (nSPS) is 23.8. The van der Waals surface area contributed by atoms with E-state index in [9.17, 15) is 14.7 Å². The molecule has 198 valence electrons. The van der Waals surface area contributed by atoms with Gasteiger partial charge in [-0.25, -0.2) is 4.79 Å². The quantitative estimate of drug-likeness (QED) is 0.451. The molecule has 1 saturated carbocycles. The molecule has 4 rings (SSSR count). The van der Waals surface area contributed by atoms with Crippen LogP contribution < -0.4 is 4.74 Å². The topological polar surface area (TPSA) is 94.5 Å².